The maximum Gasteiger partial charge on any atom is 0.241 e. The summed E-state index contributed by atoms with van der Waals surface area (Å²) in [6.07, 6.45) is 7.10. The van der Waals surface area contributed by atoms with E-state index in [0.717, 1.165) is 66.2 Å². The van der Waals surface area contributed by atoms with Gasteiger partial charge >= 0.3 is 0 Å². The Balaban J connectivity index is 0.00000231. The van der Waals surface area contributed by atoms with Crippen LogP contribution in [0.3, 0.4) is 0 Å². The Kier molecular flexibility index (Phi) is 4.58. The molecule has 158 valence electrons. The molecule has 1 fully saturated rings. The lowest BCUT2D eigenvalue weighted by atomic mass is 9.81. The number of likely N-dealkylation sites (tertiary alicyclic amines) is 1. The molecule has 30 heavy (non-hydrogen) atoms. The van der Waals surface area contributed by atoms with Crippen LogP contribution in [0.4, 0.5) is 11.6 Å². The first-order valence-electron chi connectivity index (χ1n) is 10.8. The highest BCUT2D eigenvalue weighted by molar-refractivity contribution is 5.99. The Hall–Kier alpha value is -2.80. The highest BCUT2D eigenvalue weighted by Gasteiger charge is 2.37. The number of pyridine rings is 1. The molecule has 7 heteroatoms. The number of hydrogen-bond donors (Lipinski definition) is 1. The van der Waals surface area contributed by atoms with Crippen LogP contribution >= 0.6 is 0 Å². The summed E-state index contributed by atoms with van der Waals surface area (Å²) in [6, 6.07) is 6.64. The van der Waals surface area contributed by atoms with Gasteiger partial charge in [-0.25, -0.2) is 14.5 Å². The zero-order chi connectivity index (χ0) is 20.9. The van der Waals surface area contributed by atoms with E-state index in [2.05, 4.69) is 61.2 Å². The molecule has 0 aliphatic carbocycles. The summed E-state index contributed by atoms with van der Waals surface area (Å²) in [4.78, 5) is 16.7. The molecule has 0 aromatic carbocycles. The molecule has 0 radical (unpaired) electrons. The molecule has 0 amide bonds. The van der Waals surface area contributed by atoms with E-state index in [4.69, 9.17) is 15.1 Å². The summed E-state index contributed by atoms with van der Waals surface area (Å²) in [7, 11) is 2.17. The average molecular weight is 406 g/mol. The molecule has 2 aliphatic heterocycles. The Morgan fingerprint density at radius 3 is 2.80 bits per heavy atom. The van der Waals surface area contributed by atoms with E-state index in [1.54, 1.807) is 0 Å². The van der Waals surface area contributed by atoms with Crippen LogP contribution in [-0.2, 0) is 5.41 Å². The van der Waals surface area contributed by atoms with Crippen molar-refractivity contribution in [2.24, 2.45) is 4.99 Å². The molecular formula is C23H31N7. The predicted octanol–water partition coefficient (Wildman–Crippen LogP) is 4.32. The van der Waals surface area contributed by atoms with Crippen LogP contribution in [-0.4, -0.2) is 56.4 Å². The second kappa shape index (κ2) is 7.16. The molecule has 1 N–H and O–H groups in total. The van der Waals surface area contributed by atoms with Gasteiger partial charge in [-0.1, -0.05) is 6.92 Å². The summed E-state index contributed by atoms with van der Waals surface area (Å²) in [5.41, 5.74) is 6.06. The number of fused-ring (bicyclic) bond motifs is 2. The highest BCUT2D eigenvalue weighted by Crippen LogP contribution is 2.42. The van der Waals surface area contributed by atoms with Crippen molar-refractivity contribution < 1.29 is 1.43 Å². The van der Waals surface area contributed by atoms with Crippen molar-refractivity contribution >= 4 is 22.9 Å². The quantitative estimate of drug-likeness (QED) is 0.700. The SMILES string of the molecule is CCC1(C)C(C)=Nc2ccc(-c3ccn4nc(NC5CCN(C)CC5)ncc34)nc21.[HH]. The van der Waals surface area contributed by atoms with Crippen molar-refractivity contribution in [1.82, 2.24) is 24.5 Å². The third-order valence-electron chi connectivity index (χ3n) is 6.93. The third-order valence-corrected chi connectivity index (χ3v) is 6.93. The minimum absolute atomic E-state index is 0. The van der Waals surface area contributed by atoms with Crippen molar-refractivity contribution in [2.45, 2.75) is 51.5 Å². The minimum Gasteiger partial charge on any atom is -0.350 e. The van der Waals surface area contributed by atoms with Crippen LogP contribution in [0.15, 0.2) is 35.6 Å². The molecule has 3 aromatic rings. The molecule has 5 rings (SSSR count). The lowest BCUT2D eigenvalue weighted by Crippen LogP contribution is -2.37. The maximum absolute atomic E-state index is 5.04. The Morgan fingerprint density at radius 2 is 2.03 bits per heavy atom. The van der Waals surface area contributed by atoms with Gasteiger partial charge in [0.2, 0.25) is 5.95 Å². The van der Waals surface area contributed by atoms with Gasteiger partial charge in [0.25, 0.3) is 0 Å². The molecule has 7 nitrogen and oxygen atoms in total. The standard InChI is InChI=1S/C23H29N7.H2/c1-5-23(3)15(2)25-19-7-6-18(27-21(19)23)17-10-13-30-20(17)14-24-22(28-30)26-16-8-11-29(4)12-9-16;/h6-7,10,13-14,16H,5,8-9,11-12H2,1-4H3,(H,26,28);1H. The van der Waals surface area contributed by atoms with E-state index < -0.39 is 0 Å². The van der Waals surface area contributed by atoms with Crippen LogP contribution < -0.4 is 5.32 Å². The molecule has 2 aliphatic rings. The van der Waals surface area contributed by atoms with Crippen molar-refractivity contribution in [3.63, 3.8) is 0 Å². The number of aromatic nitrogens is 4. The predicted molar refractivity (Wildman–Crippen MR) is 123 cm³/mol. The van der Waals surface area contributed by atoms with E-state index in [9.17, 15) is 0 Å². The normalized spacial score (nSPS) is 22.3. The van der Waals surface area contributed by atoms with Gasteiger partial charge < -0.3 is 10.2 Å². The van der Waals surface area contributed by atoms with E-state index in [-0.39, 0.29) is 6.84 Å². The van der Waals surface area contributed by atoms with Gasteiger partial charge in [-0.3, -0.25) is 4.99 Å². The van der Waals surface area contributed by atoms with E-state index in [0.29, 0.717) is 12.0 Å². The van der Waals surface area contributed by atoms with Gasteiger partial charge in [0.05, 0.1) is 28.8 Å². The number of aliphatic imine (C=N–C) groups is 1. The number of nitrogens with zero attached hydrogens (tertiary/aromatic N) is 6. The van der Waals surface area contributed by atoms with Gasteiger partial charge in [0.1, 0.15) is 0 Å². The van der Waals surface area contributed by atoms with Gasteiger partial charge in [-0.2, -0.15) is 0 Å². The summed E-state index contributed by atoms with van der Waals surface area (Å²) < 4.78 is 1.90. The molecule has 0 saturated carbocycles. The van der Waals surface area contributed by atoms with Crippen molar-refractivity contribution in [1.29, 1.82) is 0 Å². The number of piperidine rings is 1. The van der Waals surface area contributed by atoms with Crippen molar-refractivity contribution in [3.05, 3.63) is 36.3 Å². The van der Waals surface area contributed by atoms with Crippen LogP contribution in [0.5, 0.6) is 0 Å². The Bertz CT molecular complexity index is 1130. The Morgan fingerprint density at radius 1 is 1.23 bits per heavy atom. The van der Waals surface area contributed by atoms with E-state index in [1.165, 1.54) is 0 Å². The summed E-state index contributed by atoms with van der Waals surface area (Å²) in [5.74, 6) is 0.684. The lowest BCUT2D eigenvalue weighted by Gasteiger charge is -2.29. The second-order valence-corrected chi connectivity index (χ2v) is 8.81. The number of anilines is 1. The van der Waals surface area contributed by atoms with Crippen molar-refractivity contribution in [3.8, 4) is 11.3 Å². The number of rotatable bonds is 4. The fourth-order valence-corrected chi connectivity index (χ4v) is 4.52. The molecule has 1 atom stereocenters. The van der Waals surface area contributed by atoms with Crippen LogP contribution in [0, 0.1) is 0 Å². The van der Waals surface area contributed by atoms with Gasteiger partial charge in [-0.15, -0.1) is 5.10 Å². The second-order valence-electron chi connectivity index (χ2n) is 8.81. The Labute approximate surface area is 178 Å². The summed E-state index contributed by atoms with van der Waals surface area (Å²) in [6.45, 7) is 8.75. The molecule has 0 bridgehead atoms. The summed E-state index contributed by atoms with van der Waals surface area (Å²) >= 11 is 0. The zero-order valence-corrected chi connectivity index (χ0v) is 18.2. The fourth-order valence-electron chi connectivity index (χ4n) is 4.52. The minimum atomic E-state index is -0.0947. The summed E-state index contributed by atoms with van der Waals surface area (Å²) in [5, 5.41) is 8.19. The number of nitrogens with one attached hydrogen (secondary N) is 1. The number of hydrogen-bond acceptors (Lipinski definition) is 6. The monoisotopic (exact) mass is 405 g/mol. The molecule has 5 heterocycles. The van der Waals surface area contributed by atoms with E-state index in [1.807, 2.05) is 16.9 Å². The van der Waals surface area contributed by atoms with Crippen LogP contribution in [0.2, 0.25) is 0 Å². The molecular weight excluding hydrogens is 374 g/mol. The van der Waals surface area contributed by atoms with Crippen molar-refractivity contribution in [2.75, 3.05) is 25.5 Å². The van der Waals surface area contributed by atoms with Gasteiger partial charge in [0, 0.05) is 30.4 Å². The highest BCUT2D eigenvalue weighted by atomic mass is 15.3. The lowest BCUT2D eigenvalue weighted by molar-refractivity contribution is 0.263. The van der Waals surface area contributed by atoms with Crippen LogP contribution in [0.1, 0.15) is 47.2 Å². The molecule has 1 unspecified atom stereocenters. The van der Waals surface area contributed by atoms with E-state index >= 15 is 0 Å². The smallest absolute Gasteiger partial charge is 0.241 e. The topological polar surface area (TPSA) is 70.7 Å². The average Bonchev–Trinajstić information content (AvgIpc) is 3.28. The molecule has 0 spiro atoms. The first-order valence-corrected chi connectivity index (χ1v) is 10.8. The maximum atomic E-state index is 5.04. The first-order chi connectivity index (χ1) is 14.5. The molecule has 1 saturated heterocycles. The zero-order valence-electron chi connectivity index (χ0n) is 18.2. The molecule has 3 aromatic heterocycles. The first kappa shape index (κ1) is 19.2. The van der Waals surface area contributed by atoms with Gasteiger partial charge in [-0.05, 0) is 71.4 Å². The fraction of sp³-hybridized carbons (Fsp3) is 0.478. The van der Waals surface area contributed by atoms with Gasteiger partial charge in [0.15, 0.2) is 0 Å². The van der Waals surface area contributed by atoms with Crippen LogP contribution in [0.25, 0.3) is 16.8 Å². The largest absolute Gasteiger partial charge is 0.350 e. The third kappa shape index (κ3) is 3.08.